The molecule has 3 N–H and O–H groups in total. The highest BCUT2D eigenvalue weighted by molar-refractivity contribution is 5.91. The molecular weight excluding hydrogens is 286 g/mol. The minimum absolute atomic E-state index is 0.0926. The van der Waals surface area contributed by atoms with Gasteiger partial charge in [0.2, 0.25) is 0 Å². The van der Waals surface area contributed by atoms with Gasteiger partial charge >= 0.3 is 6.09 Å². The van der Waals surface area contributed by atoms with E-state index >= 15 is 0 Å². The summed E-state index contributed by atoms with van der Waals surface area (Å²) in [7, 11) is 0. The molecule has 22 heavy (non-hydrogen) atoms. The number of nitrogens with two attached hydrogens (primary N) is 1. The summed E-state index contributed by atoms with van der Waals surface area (Å²) in [6, 6.07) is 0. The average molecular weight is 307 g/mol. The Labute approximate surface area is 129 Å². The molecule has 2 rings (SSSR count). The van der Waals surface area contributed by atoms with E-state index in [0.29, 0.717) is 13.1 Å². The highest BCUT2D eigenvalue weighted by Crippen LogP contribution is 2.26. The first kappa shape index (κ1) is 16.2. The fraction of sp³-hybridized carbons (Fsp3) is 0.571. The third-order valence-electron chi connectivity index (χ3n) is 3.29. The Kier molecular flexibility index (Phi) is 4.60. The van der Waals surface area contributed by atoms with Gasteiger partial charge in [0.15, 0.2) is 0 Å². The fourth-order valence-corrected chi connectivity index (χ4v) is 2.23. The number of hydrogen-bond acceptors (Lipinski definition) is 6. The van der Waals surface area contributed by atoms with Crippen LogP contribution in [0, 0.1) is 0 Å². The summed E-state index contributed by atoms with van der Waals surface area (Å²) in [6.07, 6.45) is 3.40. The number of nitrogens with one attached hydrogen (secondary N) is 1. The zero-order chi connectivity index (χ0) is 16.3. The molecule has 2 amide bonds. The van der Waals surface area contributed by atoms with Crippen LogP contribution in [0.2, 0.25) is 0 Å². The van der Waals surface area contributed by atoms with Crippen LogP contribution in [0.4, 0.5) is 4.79 Å². The summed E-state index contributed by atoms with van der Waals surface area (Å²) in [6.45, 7) is 6.67. The third kappa shape index (κ3) is 3.91. The van der Waals surface area contributed by atoms with Crippen molar-refractivity contribution in [3.8, 4) is 0 Å². The Morgan fingerprint density at radius 2 is 2.09 bits per heavy atom. The van der Waals surface area contributed by atoms with Gasteiger partial charge < -0.3 is 9.64 Å². The molecular formula is C14H21N5O3. The second kappa shape index (κ2) is 6.27. The SMILES string of the molecule is CC(C)(C)OC(=O)N1CCC(c2cnc(C(=O)NN)cn2)C1. The molecule has 1 aromatic rings. The summed E-state index contributed by atoms with van der Waals surface area (Å²) in [5.41, 5.74) is 2.41. The molecule has 0 saturated carbocycles. The number of hydrogen-bond donors (Lipinski definition) is 2. The van der Waals surface area contributed by atoms with Crippen LogP contribution < -0.4 is 11.3 Å². The van der Waals surface area contributed by atoms with E-state index in [9.17, 15) is 9.59 Å². The lowest BCUT2D eigenvalue weighted by Gasteiger charge is -2.24. The Balaban J connectivity index is 1.98. The van der Waals surface area contributed by atoms with E-state index in [1.54, 1.807) is 11.1 Å². The van der Waals surface area contributed by atoms with Crippen LogP contribution in [-0.2, 0) is 4.74 Å². The topological polar surface area (TPSA) is 110 Å². The molecule has 0 aromatic carbocycles. The molecule has 1 fully saturated rings. The molecule has 0 bridgehead atoms. The Morgan fingerprint density at radius 1 is 1.36 bits per heavy atom. The van der Waals surface area contributed by atoms with Crippen molar-refractivity contribution >= 4 is 12.0 Å². The van der Waals surface area contributed by atoms with Gasteiger partial charge in [-0.25, -0.2) is 15.6 Å². The van der Waals surface area contributed by atoms with Crippen molar-refractivity contribution in [2.24, 2.45) is 5.84 Å². The molecule has 8 heteroatoms. The zero-order valence-electron chi connectivity index (χ0n) is 13.0. The van der Waals surface area contributed by atoms with Gasteiger partial charge in [-0.2, -0.15) is 0 Å². The molecule has 1 atom stereocenters. The van der Waals surface area contributed by atoms with Gasteiger partial charge in [0, 0.05) is 25.2 Å². The smallest absolute Gasteiger partial charge is 0.410 e. The number of rotatable bonds is 2. The molecule has 0 aliphatic carbocycles. The van der Waals surface area contributed by atoms with Crippen LogP contribution in [0.15, 0.2) is 12.4 Å². The van der Waals surface area contributed by atoms with Gasteiger partial charge in [-0.05, 0) is 27.2 Å². The summed E-state index contributed by atoms with van der Waals surface area (Å²) in [5, 5.41) is 0. The largest absolute Gasteiger partial charge is 0.444 e. The highest BCUT2D eigenvalue weighted by Gasteiger charge is 2.31. The average Bonchev–Trinajstić information content (AvgIpc) is 2.95. The number of aromatic nitrogens is 2. The molecule has 0 radical (unpaired) electrons. The minimum atomic E-state index is -0.508. The maximum atomic E-state index is 12.0. The van der Waals surface area contributed by atoms with Crippen LogP contribution in [0.3, 0.4) is 0 Å². The molecule has 1 unspecified atom stereocenters. The van der Waals surface area contributed by atoms with Crippen molar-refractivity contribution in [1.29, 1.82) is 0 Å². The van der Waals surface area contributed by atoms with Gasteiger partial charge in [0.05, 0.1) is 11.9 Å². The summed E-state index contributed by atoms with van der Waals surface area (Å²) in [4.78, 5) is 33.3. The maximum absolute atomic E-state index is 12.0. The van der Waals surface area contributed by atoms with Gasteiger partial charge in [-0.1, -0.05) is 0 Å². The molecule has 1 aliphatic heterocycles. The van der Waals surface area contributed by atoms with Gasteiger partial charge in [-0.3, -0.25) is 15.2 Å². The van der Waals surface area contributed by atoms with Gasteiger partial charge in [-0.15, -0.1) is 0 Å². The van der Waals surface area contributed by atoms with Crippen molar-refractivity contribution in [3.63, 3.8) is 0 Å². The van der Waals surface area contributed by atoms with E-state index in [2.05, 4.69) is 9.97 Å². The molecule has 1 saturated heterocycles. The van der Waals surface area contributed by atoms with Gasteiger partial charge in [0.1, 0.15) is 11.3 Å². The summed E-state index contributed by atoms with van der Waals surface area (Å²) >= 11 is 0. The molecule has 8 nitrogen and oxygen atoms in total. The van der Waals surface area contributed by atoms with Gasteiger partial charge in [0.25, 0.3) is 5.91 Å². The number of ether oxygens (including phenoxy) is 1. The van der Waals surface area contributed by atoms with E-state index in [-0.39, 0.29) is 17.7 Å². The third-order valence-corrected chi connectivity index (χ3v) is 3.29. The first-order valence-electron chi connectivity index (χ1n) is 7.11. The van der Waals surface area contributed by atoms with E-state index in [0.717, 1.165) is 12.1 Å². The van der Waals surface area contributed by atoms with E-state index < -0.39 is 11.5 Å². The fourth-order valence-electron chi connectivity index (χ4n) is 2.23. The molecule has 120 valence electrons. The van der Waals surface area contributed by atoms with Crippen LogP contribution in [0.25, 0.3) is 0 Å². The number of amides is 2. The first-order chi connectivity index (χ1) is 10.3. The second-order valence-corrected chi connectivity index (χ2v) is 6.21. The number of nitrogen functional groups attached to an aromatic ring is 1. The zero-order valence-corrected chi connectivity index (χ0v) is 13.0. The summed E-state index contributed by atoms with van der Waals surface area (Å²) in [5.74, 6) is 4.65. The monoisotopic (exact) mass is 307 g/mol. The number of carbonyl (C=O) groups excluding carboxylic acids is 2. The van der Waals surface area contributed by atoms with Crippen molar-refractivity contribution < 1.29 is 14.3 Å². The van der Waals surface area contributed by atoms with E-state index in [1.807, 2.05) is 26.2 Å². The van der Waals surface area contributed by atoms with Crippen molar-refractivity contribution in [2.45, 2.75) is 38.7 Å². The Hall–Kier alpha value is -2.22. The summed E-state index contributed by atoms with van der Waals surface area (Å²) < 4.78 is 5.36. The predicted octanol–water partition coefficient (Wildman–Crippen LogP) is 0.805. The Bertz CT molecular complexity index is 553. The standard InChI is InChI=1S/C14H21N5O3/c1-14(2,3)22-13(21)19-5-4-9(8-19)10-6-17-11(7-16-10)12(20)18-15/h6-7,9H,4-5,8,15H2,1-3H3,(H,18,20). The minimum Gasteiger partial charge on any atom is -0.444 e. The number of nitrogens with zero attached hydrogens (tertiary/aromatic N) is 3. The van der Waals surface area contributed by atoms with E-state index in [1.165, 1.54) is 6.20 Å². The molecule has 1 aliphatic rings. The lowest BCUT2D eigenvalue weighted by molar-refractivity contribution is 0.0292. The number of likely N-dealkylation sites (tertiary alicyclic amines) is 1. The molecule has 2 heterocycles. The predicted molar refractivity (Wildman–Crippen MR) is 78.9 cm³/mol. The van der Waals surface area contributed by atoms with Crippen molar-refractivity contribution in [1.82, 2.24) is 20.3 Å². The quantitative estimate of drug-likeness (QED) is 0.475. The molecule has 0 spiro atoms. The van der Waals surface area contributed by atoms with Crippen LogP contribution in [0.1, 0.15) is 49.3 Å². The maximum Gasteiger partial charge on any atom is 0.410 e. The molecule has 1 aromatic heterocycles. The highest BCUT2D eigenvalue weighted by atomic mass is 16.6. The van der Waals surface area contributed by atoms with Crippen molar-refractivity contribution in [3.05, 3.63) is 23.8 Å². The van der Waals surface area contributed by atoms with Crippen molar-refractivity contribution in [2.75, 3.05) is 13.1 Å². The normalized spacial score (nSPS) is 18.2. The van der Waals surface area contributed by atoms with Crippen LogP contribution in [-0.4, -0.2) is 45.6 Å². The Morgan fingerprint density at radius 3 is 2.64 bits per heavy atom. The first-order valence-corrected chi connectivity index (χ1v) is 7.11. The number of hydrazine groups is 1. The van der Waals surface area contributed by atoms with Crippen LogP contribution >= 0.6 is 0 Å². The lowest BCUT2D eigenvalue weighted by Crippen LogP contribution is -2.35. The number of carbonyl (C=O) groups is 2. The lowest BCUT2D eigenvalue weighted by atomic mass is 10.1. The second-order valence-electron chi connectivity index (χ2n) is 6.21. The van der Waals surface area contributed by atoms with Crippen LogP contribution in [0.5, 0.6) is 0 Å². The van der Waals surface area contributed by atoms with E-state index in [4.69, 9.17) is 10.6 Å².